The minimum absolute atomic E-state index is 0.0239. The first-order chi connectivity index (χ1) is 8.97. The minimum atomic E-state index is -0.0239. The summed E-state index contributed by atoms with van der Waals surface area (Å²) in [5, 5.41) is 19.5. The quantitative estimate of drug-likeness (QED) is 0.795. The van der Waals surface area contributed by atoms with Gasteiger partial charge < -0.3 is 9.88 Å². The highest BCUT2D eigenvalue weighted by molar-refractivity contribution is 4.94. The smallest absolute Gasteiger partial charge is 0.133 e. The van der Waals surface area contributed by atoms with Crippen LogP contribution >= 0.6 is 0 Å². The molecule has 7 heteroatoms. The van der Waals surface area contributed by atoms with E-state index in [4.69, 9.17) is 0 Å². The molecule has 0 saturated heterocycles. The van der Waals surface area contributed by atoms with Crippen LogP contribution in [0.15, 0.2) is 12.5 Å². The van der Waals surface area contributed by atoms with Gasteiger partial charge in [-0.2, -0.15) is 0 Å². The summed E-state index contributed by atoms with van der Waals surface area (Å²) in [5.74, 6) is 0.978. The van der Waals surface area contributed by atoms with Crippen LogP contribution in [0.1, 0.15) is 32.3 Å². The molecule has 0 aromatic carbocycles. The van der Waals surface area contributed by atoms with Crippen LogP contribution in [0.5, 0.6) is 0 Å². The van der Waals surface area contributed by atoms with Gasteiger partial charge in [-0.05, 0) is 20.8 Å². The lowest BCUT2D eigenvalue weighted by molar-refractivity contribution is 0.347. The Hall–Kier alpha value is -1.76. The van der Waals surface area contributed by atoms with Crippen molar-refractivity contribution in [2.45, 2.75) is 39.3 Å². The lowest BCUT2D eigenvalue weighted by atomic mass is 10.1. The highest BCUT2D eigenvalue weighted by Gasteiger charge is 2.14. The monoisotopic (exact) mass is 263 g/mol. The lowest BCUT2D eigenvalue weighted by Gasteiger charge is -2.17. The fraction of sp³-hybridized carbons (Fsp3) is 0.667. The molecule has 0 radical (unpaired) electrons. The van der Waals surface area contributed by atoms with Gasteiger partial charge in [-0.15, -0.1) is 15.3 Å². The zero-order valence-electron chi connectivity index (χ0n) is 12.0. The summed E-state index contributed by atoms with van der Waals surface area (Å²) in [7, 11) is 1.95. The fourth-order valence-electron chi connectivity index (χ4n) is 1.66. The molecule has 0 atom stereocenters. The van der Waals surface area contributed by atoms with E-state index in [1.165, 1.54) is 0 Å². The van der Waals surface area contributed by atoms with Crippen molar-refractivity contribution in [1.29, 1.82) is 0 Å². The molecule has 19 heavy (non-hydrogen) atoms. The van der Waals surface area contributed by atoms with Gasteiger partial charge in [0.1, 0.15) is 12.2 Å². The largest absolute Gasteiger partial charge is 0.321 e. The van der Waals surface area contributed by atoms with Crippen molar-refractivity contribution < 1.29 is 0 Å². The molecule has 7 nitrogen and oxygen atoms in total. The first-order valence-electron chi connectivity index (χ1n) is 6.42. The van der Waals surface area contributed by atoms with Gasteiger partial charge in [-0.25, -0.2) is 4.68 Å². The summed E-state index contributed by atoms with van der Waals surface area (Å²) in [4.78, 5) is 0. The number of hydrogen-bond donors (Lipinski definition) is 1. The van der Waals surface area contributed by atoms with E-state index in [1.807, 2.05) is 22.5 Å². The Morgan fingerprint density at radius 2 is 2.05 bits per heavy atom. The Labute approximate surface area is 113 Å². The maximum Gasteiger partial charge on any atom is 0.133 e. The van der Waals surface area contributed by atoms with E-state index in [-0.39, 0.29) is 5.54 Å². The summed E-state index contributed by atoms with van der Waals surface area (Å²) < 4.78 is 3.81. The van der Waals surface area contributed by atoms with Gasteiger partial charge in [0.25, 0.3) is 0 Å². The van der Waals surface area contributed by atoms with Crippen molar-refractivity contribution in [1.82, 2.24) is 35.1 Å². The predicted molar refractivity (Wildman–Crippen MR) is 71.4 cm³/mol. The van der Waals surface area contributed by atoms with Crippen LogP contribution < -0.4 is 5.32 Å². The Bertz CT molecular complexity index is 520. The van der Waals surface area contributed by atoms with Gasteiger partial charge in [0.2, 0.25) is 0 Å². The molecule has 0 bridgehead atoms. The van der Waals surface area contributed by atoms with Crippen LogP contribution in [-0.2, 0) is 25.6 Å². The highest BCUT2D eigenvalue weighted by Crippen LogP contribution is 2.11. The average Bonchev–Trinajstić information content (AvgIpc) is 2.93. The van der Waals surface area contributed by atoms with Crippen molar-refractivity contribution in [3.63, 3.8) is 0 Å². The Morgan fingerprint density at radius 3 is 2.63 bits per heavy atom. The number of hydrogen-bond acceptors (Lipinski definition) is 5. The maximum absolute atomic E-state index is 4.15. The Kier molecular flexibility index (Phi) is 3.94. The molecular weight excluding hydrogens is 242 g/mol. The van der Waals surface area contributed by atoms with Crippen LogP contribution in [0.25, 0.3) is 0 Å². The molecule has 0 aliphatic heterocycles. The van der Waals surface area contributed by atoms with Gasteiger partial charge in [0, 0.05) is 26.6 Å². The number of aryl methyl sites for hydroxylation is 1. The van der Waals surface area contributed by atoms with Gasteiger partial charge in [0.15, 0.2) is 0 Å². The summed E-state index contributed by atoms with van der Waals surface area (Å²) in [6, 6.07) is 0. The second kappa shape index (κ2) is 5.48. The summed E-state index contributed by atoms with van der Waals surface area (Å²) >= 11 is 0. The first kappa shape index (κ1) is 13.7. The Balaban J connectivity index is 1.77. The number of nitrogens with zero attached hydrogens (tertiary/aromatic N) is 6. The van der Waals surface area contributed by atoms with E-state index in [0.29, 0.717) is 6.54 Å². The van der Waals surface area contributed by atoms with E-state index in [9.17, 15) is 0 Å². The first-order valence-corrected chi connectivity index (χ1v) is 6.42. The molecule has 0 saturated carbocycles. The molecule has 104 valence electrons. The summed E-state index contributed by atoms with van der Waals surface area (Å²) in [6.45, 7) is 7.87. The molecule has 0 unspecified atom stereocenters. The van der Waals surface area contributed by atoms with Crippen molar-refractivity contribution >= 4 is 0 Å². The fourth-order valence-corrected chi connectivity index (χ4v) is 1.66. The van der Waals surface area contributed by atoms with E-state index in [1.54, 1.807) is 6.33 Å². The Morgan fingerprint density at radius 1 is 1.26 bits per heavy atom. The molecule has 1 N–H and O–H groups in total. The molecule has 2 aromatic heterocycles. The van der Waals surface area contributed by atoms with E-state index in [0.717, 1.165) is 24.5 Å². The summed E-state index contributed by atoms with van der Waals surface area (Å²) in [5.41, 5.74) is 0.928. The normalized spacial score (nSPS) is 12.0. The highest BCUT2D eigenvalue weighted by atomic mass is 15.4. The van der Waals surface area contributed by atoms with Crippen LogP contribution in [0.4, 0.5) is 0 Å². The topological polar surface area (TPSA) is 73.5 Å². The standard InChI is InChI=1S/C12H21N7/c1-12(2,3)19-8-10(15-17-19)7-13-6-5-11-16-14-9-18(11)4/h8-9,13H,5-7H2,1-4H3. The molecule has 0 aliphatic carbocycles. The number of rotatable bonds is 5. The third-order valence-corrected chi connectivity index (χ3v) is 2.86. The van der Waals surface area contributed by atoms with E-state index in [2.05, 4.69) is 46.6 Å². The molecule has 2 aromatic rings. The zero-order chi connectivity index (χ0) is 13.9. The van der Waals surface area contributed by atoms with E-state index >= 15 is 0 Å². The van der Waals surface area contributed by atoms with Crippen LogP contribution in [-0.4, -0.2) is 36.3 Å². The van der Waals surface area contributed by atoms with Gasteiger partial charge >= 0.3 is 0 Å². The van der Waals surface area contributed by atoms with E-state index < -0.39 is 0 Å². The average molecular weight is 263 g/mol. The van der Waals surface area contributed by atoms with Crippen molar-refractivity contribution in [3.8, 4) is 0 Å². The predicted octanol–water partition coefficient (Wildman–Crippen LogP) is 0.494. The van der Waals surface area contributed by atoms with Crippen LogP contribution in [0, 0.1) is 0 Å². The van der Waals surface area contributed by atoms with Crippen LogP contribution in [0.2, 0.25) is 0 Å². The van der Waals surface area contributed by atoms with Gasteiger partial charge in [-0.1, -0.05) is 5.21 Å². The maximum atomic E-state index is 4.15. The molecule has 0 aliphatic rings. The van der Waals surface area contributed by atoms with Crippen molar-refractivity contribution in [3.05, 3.63) is 24.0 Å². The third-order valence-electron chi connectivity index (χ3n) is 2.86. The summed E-state index contributed by atoms with van der Waals surface area (Å²) in [6.07, 6.45) is 4.55. The molecule has 2 rings (SSSR count). The second-order valence-corrected chi connectivity index (χ2v) is 5.61. The molecule has 2 heterocycles. The number of aromatic nitrogens is 6. The van der Waals surface area contributed by atoms with Gasteiger partial charge in [0.05, 0.1) is 17.4 Å². The lowest BCUT2D eigenvalue weighted by Crippen LogP contribution is -2.22. The molecular formula is C12H21N7. The van der Waals surface area contributed by atoms with Gasteiger partial charge in [-0.3, -0.25) is 0 Å². The molecule has 0 amide bonds. The van der Waals surface area contributed by atoms with Crippen molar-refractivity contribution in [2.24, 2.45) is 7.05 Å². The molecule has 0 fully saturated rings. The SMILES string of the molecule is Cn1cnnc1CCNCc1cn(C(C)(C)C)nn1. The number of nitrogens with one attached hydrogen (secondary N) is 1. The third kappa shape index (κ3) is 3.60. The van der Waals surface area contributed by atoms with Crippen molar-refractivity contribution in [2.75, 3.05) is 6.54 Å². The molecule has 0 spiro atoms. The zero-order valence-corrected chi connectivity index (χ0v) is 12.0. The minimum Gasteiger partial charge on any atom is -0.321 e. The van der Waals surface area contributed by atoms with Crippen LogP contribution in [0.3, 0.4) is 0 Å². The second-order valence-electron chi connectivity index (χ2n) is 5.61.